The van der Waals surface area contributed by atoms with Crippen molar-refractivity contribution in [3.8, 4) is 11.4 Å². The van der Waals surface area contributed by atoms with Gasteiger partial charge in [0.1, 0.15) is 0 Å². The molecular formula is C12H8N2O4. The van der Waals surface area contributed by atoms with Crippen LogP contribution in [0.4, 0.5) is 0 Å². The van der Waals surface area contributed by atoms with Crippen LogP contribution >= 0.6 is 0 Å². The van der Waals surface area contributed by atoms with Crippen LogP contribution < -0.4 is 0 Å². The van der Waals surface area contributed by atoms with Crippen LogP contribution in [0.5, 0.6) is 0 Å². The van der Waals surface area contributed by atoms with Crippen LogP contribution in [0.2, 0.25) is 0 Å². The number of carbonyl (C=O) groups is 1. The van der Waals surface area contributed by atoms with Gasteiger partial charge in [-0.15, -0.1) is 0 Å². The molecule has 90 valence electrons. The van der Waals surface area contributed by atoms with E-state index in [9.17, 15) is 4.79 Å². The van der Waals surface area contributed by atoms with Crippen molar-refractivity contribution in [2.24, 2.45) is 0 Å². The van der Waals surface area contributed by atoms with Crippen LogP contribution in [-0.4, -0.2) is 27.2 Å². The fourth-order valence-corrected chi connectivity index (χ4v) is 1.19. The summed E-state index contributed by atoms with van der Waals surface area (Å²) >= 11 is 0. The third-order valence-electron chi connectivity index (χ3n) is 1.94. The molecule has 0 bridgehead atoms. The van der Waals surface area contributed by atoms with Crippen LogP contribution in [0.3, 0.4) is 0 Å². The van der Waals surface area contributed by atoms with Crippen molar-refractivity contribution in [3.63, 3.8) is 0 Å². The number of nitrogens with zero attached hydrogens (tertiary/aromatic N) is 2. The molecule has 0 amide bonds. The van der Waals surface area contributed by atoms with Gasteiger partial charge in [0.2, 0.25) is 0 Å². The smallest absolute Gasteiger partial charge is 0.373 e. The second-order valence-corrected chi connectivity index (χ2v) is 3.04. The number of rotatable bonds is 2. The number of carboxylic acids is 1. The molecule has 0 aliphatic carbocycles. The molecule has 1 N–H and O–H groups in total. The SMILES string of the molecule is O=C(O)c1ccc(-c2ccccn2)nc1.O=C=O. The van der Waals surface area contributed by atoms with Crippen molar-refractivity contribution in [1.82, 2.24) is 9.97 Å². The van der Waals surface area contributed by atoms with Gasteiger partial charge in [0.25, 0.3) is 0 Å². The summed E-state index contributed by atoms with van der Waals surface area (Å²) in [6, 6.07) is 8.65. The number of pyridine rings is 2. The molecule has 0 saturated carbocycles. The number of aromatic carboxylic acids is 1. The Hall–Kier alpha value is -2.85. The maximum Gasteiger partial charge on any atom is 0.373 e. The van der Waals surface area contributed by atoms with E-state index in [1.54, 1.807) is 12.3 Å². The maximum absolute atomic E-state index is 10.6. The lowest BCUT2D eigenvalue weighted by Crippen LogP contribution is -1.97. The molecule has 0 atom stereocenters. The second kappa shape index (κ2) is 6.67. The summed E-state index contributed by atoms with van der Waals surface area (Å²) in [5.74, 6) is -0.977. The van der Waals surface area contributed by atoms with Crippen molar-refractivity contribution < 1.29 is 19.5 Å². The molecular weight excluding hydrogens is 236 g/mol. The topological polar surface area (TPSA) is 97.2 Å². The zero-order valence-corrected chi connectivity index (χ0v) is 9.11. The molecule has 18 heavy (non-hydrogen) atoms. The Bertz CT molecular complexity index is 546. The van der Waals surface area contributed by atoms with Gasteiger partial charge in [-0.2, -0.15) is 9.59 Å². The summed E-state index contributed by atoms with van der Waals surface area (Å²) in [6.45, 7) is 0. The Morgan fingerprint density at radius 2 is 1.72 bits per heavy atom. The van der Waals surface area contributed by atoms with Crippen molar-refractivity contribution in [3.05, 3.63) is 48.3 Å². The molecule has 2 aromatic rings. The Morgan fingerprint density at radius 1 is 1.06 bits per heavy atom. The van der Waals surface area contributed by atoms with E-state index >= 15 is 0 Å². The van der Waals surface area contributed by atoms with Gasteiger partial charge in [-0.1, -0.05) is 6.07 Å². The van der Waals surface area contributed by atoms with E-state index in [1.165, 1.54) is 12.3 Å². The van der Waals surface area contributed by atoms with E-state index < -0.39 is 5.97 Å². The summed E-state index contributed by atoms with van der Waals surface area (Å²) in [5, 5.41) is 8.69. The number of carboxylic acid groups (broad SMARTS) is 1. The molecule has 2 heterocycles. The normalized spacial score (nSPS) is 8.67. The Labute approximate surface area is 102 Å². The van der Waals surface area contributed by atoms with Gasteiger partial charge in [-0.3, -0.25) is 9.97 Å². The van der Waals surface area contributed by atoms with Crippen molar-refractivity contribution >= 4 is 12.1 Å². The number of carbonyl (C=O) groups excluding carboxylic acids is 2. The van der Waals surface area contributed by atoms with Gasteiger partial charge in [0, 0.05) is 12.4 Å². The van der Waals surface area contributed by atoms with Gasteiger partial charge in [-0.25, -0.2) is 4.79 Å². The van der Waals surface area contributed by atoms with E-state index in [4.69, 9.17) is 14.7 Å². The van der Waals surface area contributed by atoms with Gasteiger partial charge in [0.15, 0.2) is 0 Å². The highest BCUT2D eigenvalue weighted by molar-refractivity contribution is 5.87. The van der Waals surface area contributed by atoms with Crippen molar-refractivity contribution in [2.45, 2.75) is 0 Å². The largest absolute Gasteiger partial charge is 0.478 e. The second-order valence-electron chi connectivity index (χ2n) is 3.04. The van der Waals surface area contributed by atoms with Crippen LogP contribution in [0.15, 0.2) is 42.7 Å². The predicted octanol–water partition coefficient (Wildman–Crippen LogP) is 1.26. The summed E-state index contributed by atoms with van der Waals surface area (Å²) < 4.78 is 0. The summed E-state index contributed by atoms with van der Waals surface area (Å²) in [4.78, 5) is 35.0. The molecule has 6 heteroatoms. The van der Waals surface area contributed by atoms with Crippen LogP contribution in [0, 0.1) is 0 Å². The third-order valence-corrected chi connectivity index (χ3v) is 1.94. The Balaban J connectivity index is 0.000000492. The van der Waals surface area contributed by atoms with Crippen molar-refractivity contribution in [2.75, 3.05) is 0 Å². The molecule has 0 aromatic carbocycles. The average molecular weight is 244 g/mol. The van der Waals surface area contributed by atoms with E-state index in [2.05, 4.69) is 9.97 Å². The lowest BCUT2D eigenvalue weighted by atomic mass is 10.2. The molecule has 0 fully saturated rings. The molecule has 0 unspecified atom stereocenters. The first-order valence-electron chi connectivity index (χ1n) is 4.79. The fraction of sp³-hybridized carbons (Fsp3) is 0. The van der Waals surface area contributed by atoms with Crippen LogP contribution in [-0.2, 0) is 9.59 Å². The number of aromatic nitrogens is 2. The lowest BCUT2D eigenvalue weighted by molar-refractivity contribution is -0.191. The first-order valence-corrected chi connectivity index (χ1v) is 4.79. The minimum atomic E-state index is -0.977. The average Bonchev–Trinajstić information content (AvgIpc) is 2.41. The zero-order chi connectivity index (χ0) is 13.4. The molecule has 0 spiro atoms. The maximum atomic E-state index is 10.6. The van der Waals surface area contributed by atoms with Crippen LogP contribution in [0.1, 0.15) is 10.4 Å². The zero-order valence-electron chi connectivity index (χ0n) is 9.11. The van der Waals surface area contributed by atoms with E-state index in [0.717, 1.165) is 5.69 Å². The molecule has 2 rings (SSSR count). The summed E-state index contributed by atoms with van der Waals surface area (Å²) in [5.41, 5.74) is 1.57. The molecule has 0 radical (unpaired) electrons. The number of hydrogen-bond acceptors (Lipinski definition) is 5. The molecule has 2 aromatic heterocycles. The molecule has 0 aliphatic rings. The highest BCUT2D eigenvalue weighted by Gasteiger charge is 2.04. The number of hydrogen-bond donors (Lipinski definition) is 1. The highest BCUT2D eigenvalue weighted by atomic mass is 16.4. The monoisotopic (exact) mass is 244 g/mol. The van der Waals surface area contributed by atoms with Crippen LogP contribution in [0.25, 0.3) is 11.4 Å². The minimum absolute atomic E-state index is 0.176. The van der Waals surface area contributed by atoms with E-state index in [-0.39, 0.29) is 11.7 Å². The quantitative estimate of drug-likeness (QED) is 0.853. The minimum Gasteiger partial charge on any atom is -0.478 e. The Kier molecular flexibility index (Phi) is 4.90. The standard InChI is InChI=1S/C11H8N2O2.CO2/c14-11(15)8-4-5-10(13-7-8)9-3-1-2-6-12-9;2-1-3/h1-7H,(H,14,15);. The predicted molar refractivity (Wildman–Crippen MR) is 59.4 cm³/mol. The first kappa shape index (κ1) is 13.2. The molecule has 0 saturated heterocycles. The lowest BCUT2D eigenvalue weighted by Gasteiger charge is -1.99. The summed E-state index contributed by atoms with van der Waals surface area (Å²) in [7, 11) is 0. The van der Waals surface area contributed by atoms with Crippen molar-refractivity contribution in [1.29, 1.82) is 0 Å². The molecule has 6 nitrogen and oxygen atoms in total. The van der Waals surface area contributed by atoms with Gasteiger partial charge in [-0.05, 0) is 24.3 Å². The third kappa shape index (κ3) is 3.62. The fourth-order valence-electron chi connectivity index (χ4n) is 1.19. The molecule has 0 aliphatic heterocycles. The highest BCUT2D eigenvalue weighted by Crippen LogP contribution is 2.13. The van der Waals surface area contributed by atoms with E-state index in [1.807, 2.05) is 18.2 Å². The van der Waals surface area contributed by atoms with Gasteiger partial charge in [0.05, 0.1) is 17.0 Å². The first-order chi connectivity index (χ1) is 8.69. The van der Waals surface area contributed by atoms with Gasteiger partial charge >= 0.3 is 12.1 Å². The van der Waals surface area contributed by atoms with Gasteiger partial charge < -0.3 is 5.11 Å². The summed E-state index contributed by atoms with van der Waals surface area (Å²) in [6.07, 6.45) is 3.24. The Morgan fingerprint density at radius 3 is 2.17 bits per heavy atom. The van der Waals surface area contributed by atoms with E-state index in [0.29, 0.717) is 5.69 Å².